The standard InChI is InChI=1S/C12H26N2O/c1-4-12(10-15-3)14-7-5-6-13-8-11(2)9-14/h11-13H,4-10H2,1-3H3. The SMILES string of the molecule is CCC(COC)N1CCCNCC(C)C1. The monoisotopic (exact) mass is 214 g/mol. The molecule has 2 unspecified atom stereocenters. The predicted molar refractivity (Wildman–Crippen MR) is 64.2 cm³/mol. The molecule has 0 aliphatic carbocycles. The van der Waals surface area contributed by atoms with Gasteiger partial charge in [0.05, 0.1) is 6.61 Å². The highest BCUT2D eigenvalue weighted by atomic mass is 16.5. The van der Waals surface area contributed by atoms with E-state index in [0.29, 0.717) is 6.04 Å². The van der Waals surface area contributed by atoms with E-state index in [1.54, 1.807) is 7.11 Å². The van der Waals surface area contributed by atoms with Crippen molar-refractivity contribution in [3.05, 3.63) is 0 Å². The Morgan fingerprint density at radius 3 is 3.00 bits per heavy atom. The molecule has 1 heterocycles. The Hall–Kier alpha value is -0.120. The number of ether oxygens (including phenoxy) is 1. The molecule has 15 heavy (non-hydrogen) atoms. The summed E-state index contributed by atoms with van der Waals surface area (Å²) in [5.74, 6) is 0.746. The topological polar surface area (TPSA) is 24.5 Å². The normalized spacial score (nSPS) is 27.0. The van der Waals surface area contributed by atoms with Crippen molar-refractivity contribution in [2.24, 2.45) is 5.92 Å². The van der Waals surface area contributed by atoms with Crippen molar-refractivity contribution in [3.63, 3.8) is 0 Å². The van der Waals surface area contributed by atoms with Crippen LogP contribution in [0.25, 0.3) is 0 Å². The molecular formula is C12H26N2O. The number of hydrogen-bond acceptors (Lipinski definition) is 3. The Morgan fingerprint density at radius 1 is 1.53 bits per heavy atom. The second kappa shape index (κ2) is 7.20. The lowest BCUT2D eigenvalue weighted by molar-refractivity contribution is 0.0733. The Labute approximate surface area is 94.2 Å². The summed E-state index contributed by atoms with van der Waals surface area (Å²) in [5, 5.41) is 3.49. The molecule has 0 amide bonds. The first kappa shape index (κ1) is 12.9. The van der Waals surface area contributed by atoms with Gasteiger partial charge in [0.15, 0.2) is 0 Å². The molecule has 2 atom stereocenters. The van der Waals surface area contributed by atoms with Crippen molar-refractivity contribution in [1.29, 1.82) is 0 Å². The number of nitrogens with zero attached hydrogens (tertiary/aromatic N) is 1. The Kier molecular flexibility index (Phi) is 6.22. The number of hydrogen-bond donors (Lipinski definition) is 1. The molecule has 1 rings (SSSR count). The molecule has 0 bridgehead atoms. The predicted octanol–water partition coefficient (Wildman–Crippen LogP) is 1.34. The van der Waals surface area contributed by atoms with Gasteiger partial charge in [-0.1, -0.05) is 13.8 Å². The molecule has 1 aliphatic heterocycles. The molecule has 3 nitrogen and oxygen atoms in total. The van der Waals surface area contributed by atoms with Gasteiger partial charge in [0, 0.05) is 19.7 Å². The molecule has 0 aromatic carbocycles. The van der Waals surface area contributed by atoms with Crippen LogP contribution >= 0.6 is 0 Å². The summed E-state index contributed by atoms with van der Waals surface area (Å²) in [6, 6.07) is 0.607. The molecule has 1 saturated heterocycles. The average molecular weight is 214 g/mol. The van der Waals surface area contributed by atoms with E-state index in [4.69, 9.17) is 4.74 Å². The number of methoxy groups -OCH3 is 1. The largest absolute Gasteiger partial charge is 0.383 e. The van der Waals surface area contributed by atoms with Crippen LogP contribution in [-0.2, 0) is 4.74 Å². The Balaban J connectivity index is 2.46. The van der Waals surface area contributed by atoms with Gasteiger partial charge in [0.2, 0.25) is 0 Å². The first-order chi connectivity index (χ1) is 7.27. The van der Waals surface area contributed by atoms with Gasteiger partial charge in [-0.05, 0) is 38.4 Å². The number of rotatable bonds is 4. The summed E-state index contributed by atoms with van der Waals surface area (Å²) in [6.45, 7) is 10.2. The van der Waals surface area contributed by atoms with Crippen molar-refractivity contribution in [2.75, 3.05) is 39.9 Å². The van der Waals surface area contributed by atoms with Gasteiger partial charge in [-0.2, -0.15) is 0 Å². The van der Waals surface area contributed by atoms with Crippen molar-refractivity contribution in [3.8, 4) is 0 Å². The van der Waals surface area contributed by atoms with Gasteiger partial charge < -0.3 is 10.1 Å². The summed E-state index contributed by atoms with van der Waals surface area (Å²) in [5.41, 5.74) is 0. The lowest BCUT2D eigenvalue weighted by Crippen LogP contribution is -2.45. The van der Waals surface area contributed by atoms with Crippen LogP contribution < -0.4 is 5.32 Å². The van der Waals surface area contributed by atoms with E-state index in [9.17, 15) is 0 Å². The average Bonchev–Trinajstić information content (AvgIpc) is 2.20. The van der Waals surface area contributed by atoms with E-state index < -0.39 is 0 Å². The van der Waals surface area contributed by atoms with E-state index in [2.05, 4.69) is 24.1 Å². The van der Waals surface area contributed by atoms with Gasteiger partial charge in [0.1, 0.15) is 0 Å². The minimum atomic E-state index is 0.607. The van der Waals surface area contributed by atoms with Crippen LogP contribution in [0.15, 0.2) is 0 Å². The van der Waals surface area contributed by atoms with Crippen LogP contribution in [0, 0.1) is 5.92 Å². The quantitative estimate of drug-likeness (QED) is 0.764. The smallest absolute Gasteiger partial charge is 0.0617 e. The zero-order chi connectivity index (χ0) is 11.1. The highest BCUT2D eigenvalue weighted by Crippen LogP contribution is 2.11. The van der Waals surface area contributed by atoms with E-state index >= 15 is 0 Å². The lowest BCUT2D eigenvalue weighted by atomic mass is 10.1. The highest BCUT2D eigenvalue weighted by Gasteiger charge is 2.19. The lowest BCUT2D eigenvalue weighted by Gasteiger charge is -2.34. The summed E-state index contributed by atoms with van der Waals surface area (Å²) in [4.78, 5) is 2.61. The minimum absolute atomic E-state index is 0.607. The van der Waals surface area contributed by atoms with Gasteiger partial charge >= 0.3 is 0 Å². The van der Waals surface area contributed by atoms with E-state index in [1.165, 1.54) is 25.9 Å². The highest BCUT2D eigenvalue weighted by molar-refractivity contribution is 4.75. The molecule has 0 aromatic heterocycles. The van der Waals surface area contributed by atoms with Crippen LogP contribution in [0.5, 0.6) is 0 Å². The Morgan fingerprint density at radius 2 is 2.33 bits per heavy atom. The van der Waals surface area contributed by atoms with Crippen LogP contribution in [-0.4, -0.2) is 50.8 Å². The first-order valence-corrected chi connectivity index (χ1v) is 6.21. The summed E-state index contributed by atoms with van der Waals surface area (Å²) in [6.07, 6.45) is 2.45. The Bertz CT molecular complexity index is 164. The maximum atomic E-state index is 5.30. The molecular weight excluding hydrogens is 188 g/mol. The second-order valence-electron chi connectivity index (χ2n) is 4.68. The van der Waals surface area contributed by atoms with E-state index in [1.807, 2.05) is 0 Å². The third-order valence-electron chi connectivity index (χ3n) is 3.18. The van der Waals surface area contributed by atoms with Gasteiger partial charge in [0.25, 0.3) is 0 Å². The van der Waals surface area contributed by atoms with E-state index in [-0.39, 0.29) is 0 Å². The van der Waals surface area contributed by atoms with Crippen molar-refractivity contribution >= 4 is 0 Å². The molecule has 1 aliphatic rings. The molecule has 0 aromatic rings. The third-order valence-corrected chi connectivity index (χ3v) is 3.18. The molecule has 90 valence electrons. The summed E-state index contributed by atoms with van der Waals surface area (Å²) < 4.78 is 5.30. The van der Waals surface area contributed by atoms with Gasteiger partial charge in [-0.15, -0.1) is 0 Å². The summed E-state index contributed by atoms with van der Waals surface area (Å²) >= 11 is 0. The number of nitrogens with one attached hydrogen (secondary N) is 1. The van der Waals surface area contributed by atoms with E-state index in [0.717, 1.165) is 25.6 Å². The van der Waals surface area contributed by atoms with Crippen LogP contribution in [0.1, 0.15) is 26.7 Å². The third kappa shape index (κ3) is 4.49. The molecule has 0 radical (unpaired) electrons. The second-order valence-corrected chi connectivity index (χ2v) is 4.68. The van der Waals surface area contributed by atoms with Gasteiger partial charge in [-0.25, -0.2) is 0 Å². The zero-order valence-corrected chi connectivity index (χ0v) is 10.5. The fraction of sp³-hybridized carbons (Fsp3) is 1.00. The first-order valence-electron chi connectivity index (χ1n) is 6.21. The molecule has 1 fully saturated rings. The maximum absolute atomic E-state index is 5.30. The van der Waals surface area contributed by atoms with Crippen molar-refractivity contribution in [1.82, 2.24) is 10.2 Å². The molecule has 3 heteroatoms. The molecule has 1 N–H and O–H groups in total. The zero-order valence-electron chi connectivity index (χ0n) is 10.5. The molecule has 0 saturated carbocycles. The van der Waals surface area contributed by atoms with Crippen LogP contribution in [0.3, 0.4) is 0 Å². The van der Waals surface area contributed by atoms with Crippen LogP contribution in [0.4, 0.5) is 0 Å². The van der Waals surface area contributed by atoms with Crippen LogP contribution in [0.2, 0.25) is 0 Å². The molecule has 0 spiro atoms. The summed E-state index contributed by atoms with van der Waals surface area (Å²) in [7, 11) is 1.80. The fourth-order valence-corrected chi connectivity index (χ4v) is 2.32. The minimum Gasteiger partial charge on any atom is -0.383 e. The van der Waals surface area contributed by atoms with Crippen molar-refractivity contribution < 1.29 is 4.74 Å². The maximum Gasteiger partial charge on any atom is 0.0617 e. The fourth-order valence-electron chi connectivity index (χ4n) is 2.32. The van der Waals surface area contributed by atoms with Gasteiger partial charge in [-0.3, -0.25) is 4.90 Å². The van der Waals surface area contributed by atoms with Crippen molar-refractivity contribution in [2.45, 2.75) is 32.7 Å².